The zero-order valence-electron chi connectivity index (χ0n) is 14.6. The lowest BCUT2D eigenvalue weighted by atomic mass is 10.1. The first kappa shape index (κ1) is 17.4. The number of oxime groups is 1. The van der Waals surface area contributed by atoms with Gasteiger partial charge in [0.25, 0.3) is 0 Å². The Hall–Kier alpha value is -2.40. The molecule has 2 aromatic rings. The molecule has 0 amide bonds. The molecule has 2 atom stereocenters. The number of esters is 1. The number of carbonyl (C=O) groups is 1. The van der Waals surface area contributed by atoms with Crippen molar-refractivity contribution < 1.29 is 19.1 Å². The van der Waals surface area contributed by atoms with Crippen molar-refractivity contribution in [1.29, 1.82) is 0 Å². The number of carbonyl (C=O) groups excluding carboxylic acids is 1. The van der Waals surface area contributed by atoms with Crippen molar-refractivity contribution in [2.75, 3.05) is 6.61 Å². The lowest BCUT2D eigenvalue weighted by Gasteiger charge is -2.21. The van der Waals surface area contributed by atoms with Gasteiger partial charge >= 0.3 is 5.97 Å². The first-order valence-electron chi connectivity index (χ1n) is 8.70. The average Bonchev–Trinajstić information content (AvgIpc) is 3.12. The van der Waals surface area contributed by atoms with E-state index in [-0.39, 0.29) is 12.2 Å². The molecule has 1 aliphatic rings. The minimum Gasteiger partial charge on any atom is -0.461 e. The Balaban J connectivity index is 1.58. The zero-order valence-corrected chi connectivity index (χ0v) is 14.6. The van der Waals surface area contributed by atoms with Crippen LogP contribution in [-0.4, -0.2) is 30.5 Å². The van der Waals surface area contributed by atoms with Gasteiger partial charge in [-0.05, 0) is 35.7 Å². The van der Waals surface area contributed by atoms with Crippen LogP contribution in [0.1, 0.15) is 32.3 Å². The van der Waals surface area contributed by atoms with Gasteiger partial charge in [0.05, 0.1) is 19.3 Å². The van der Waals surface area contributed by atoms with Gasteiger partial charge in [-0.1, -0.05) is 48.5 Å². The van der Waals surface area contributed by atoms with E-state index in [4.69, 9.17) is 14.3 Å². The highest BCUT2D eigenvalue weighted by molar-refractivity contribution is 6.36. The fourth-order valence-electron chi connectivity index (χ4n) is 2.95. The van der Waals surface area contributed by atoms with Crippen LogP contribution in [0.5, 0.6) is 0 Å². The highest BCUT2D eigenvalue weighted by atomic mass is 16.7. The van der Waals surface area contributed by atoms with Gasteiger partial charge in [0.2, 0.25) is 0 Å². The minimum atomic E-state index is -0.408. The predicted molar refractivity (Wildman–Crippen MR) is 96.4 cm³/mol. The maximum absolute atomic E-state index is 11.7. The molecule has 5 nitrogen and oxygen atoms in total. The Labute approximate surface area is 147 Å². The summed E-state index contributed by atoms with van der Waals surface area (Å²) in [4.78, 5) is 17.1. The van der Waals surface area contributed by atoms with E-state index in [0.29, 0.717) is 25.3 Å². The molecule has 2 unspecified atom stereocenters. The molecule has 1 aliphatic heterocycles. The topological polar surface area (TPSA) is 57.1 Å². The fourth-order valence-corrected chi connectivity index (χ4v) is 2.95. The Bertz CT molecular complexity index is 771. The molecule has 0 radical (unpaired) electrons. The van der Waals surface area contributed by atoms with Crippen molar-refractivity contribution in [3.8, 4) is 0 Å². The van der Waals surface area contributed by atoms with Crippen LogP contribution in [0.2, 0.25) is 0 Å². The van der Waals surface area contributed by atoms with Gasteiger partial charge < -0.3 is 14.3 Å². The summed E-state index contributed by atoms with van der Waals surface area (Å²) in [6, 6.07) is 14.6. The summed E-state index contributed by atoms with van der Waals surface area (Å²) >= 11 is 0. The SMILES string of the molecule is CCOC(=O)C1=NOC(C(CC)OCc2ccc3ccccc3c2)C1. The second kappa shape index (κ2) is 8.12. The van der Waals surface area contributed by atoms with E-state index < -0.39 is 5.97 Å². The van der Waals surface area contributed by atoms with Crippen LogP contribution in [0.4, 0.5) is 0 Å². The van der Waals surface area contributed by atoms with Gasteiger partial charge in [-0.2, -0.15) is 0 Å². The number of rotatable bonds is 7. The van der Waals surface area contributed by atoms with Gasteiger partial charge in [0.15, 0.2) is 11.8 Å². The van der Waals surface area contributed by atoms with E-state index in [9.17, 15) is 4.79 Å². The number of fused-ring (bicyclic) bond motifs is 1. The number of ether oxygens (including phenoxy) is 2. The van der Waals surface area contributed by atoms with E-state index in [1.807, 2.05) is 19.1 Å². The van der Waals surface area contributed by atoms with Crippen molar-refractivity contribution in [2.24, 2.45) is 5.16 Å². The molecule has 0 fully saturated rings. The quantitative estimate of drug-likeness (QED) is 0.718. The number of hydrogen-bond acceptors (Lipinski definition) is 5. The molecular formula is C20H23NO4. The number of benzene rings is 2. The minimum absolute atomic E-state index is 0.123. The van der Waals surface area contributed by atoms with Crippen LogP contribution in [0.15, 0.2) is 47.6 Å². The molecular weight excluding hydrogens is 318 g/mol. The zero-order chi connectivity index (χ0) is 17.6. The standard InChI is InChI=1S/C20H23NO4/c1-3-18(19-12-17(21-25-19)20(22)23-4-2)24-13-14-9-10-15-7-5-6-8-16(15)11-14/h5-11,18-19H,3-4,12-13H2,1-2H3. The van der Waals surface area contributed by atoms with Crippen LogP contribution >= 0.6 is 0 Å². The molecule has 5 heteroatoms. The van der Waals surface area contributed by atoms with E-state index in [1.54, 1.807) is 6.92 Å². The van der Waals surface area contributed by atoms with Gasteiger partial charge in [0.1, 0.15) is 0 Å². The average molecular weight is 341 g/mol. The molecule has 132 valence electrons. The lowest BCUT2D eigenvalue weighted by Crippen LogP contribution is -2.30. The summed E-state index contributed by atoms with van der Waals surface area (Å²) < 4.78 is 11.0. The van der Waals surface area contributed by atoms with Gasteiger partial charge in [-0.3, -0.25) is 0 Å². The Morgan fingerprint density at radius 1 is 1.24 bits per heavy atom. The Kier molecular flexibility index (Phi) is 5.66. The van der Waals surface area contributed by atoms with Crippen LogP contribution in [-0.2, 0) is 25.7 Å². The summed E-state index contributed by atoms with van der Waals surface area (Å²) in [6.07, 6.45) is 0.839. The van der Waals surface area contributed by atoms with Crippen LogP contribution in [0.25, 0.3) is 10.8 Å². The van der Waals surface area contributed by atoms with Crippen LogP contribution < -0.4 is 0 Å². The highest BCUT2D eigenvalue weighted by Crippen LogP contribution is 2.22. The molecule has 0 spiro atoms. The van der Waals surface area contributed by atoms with Crippen LogP contribution in [0, 0.1) is 0 Å². The highest BCUT2D eigenvalue weighted by Gasteiger charge is 2.33. The van der Waals surface area contributed by atoms with Crippen molar-refractivity contribution >= 4 is 22.5 Å². The van der Waals surface area contributed by atoms with Gasteiger partial charge in [-0.25, -0.2) is 4.79 Å². The van der Waals surface area contributed by atoms with Crippen molar-refractivity contribution in [2.45, 2.75) is 45.5 Å². The third-order valence-electron chi connectivity index (χ3n) is 4.30. The maximum Gasteiger partial charge on any atom is 0.356 e. The van der Waals surface area contributed by atoms with Crippen molar-refractivity contribution in [3.63, 3.8) is 0 Å². The fraction of sp³-hybridized carbons (Fsp3) is 0.400. The summed E-state index contributed by atoms with van der Waals surface area (Å²) in [5.74, 6) is -0.408. The molecule has 2 aromatic carbocycles. The van der Waals surface area contributed by atoms with Crippen molar-refractivity contribution in [3.05, 3.63) is 48.0 Å². The molecule has 0 aliphatic carbocycles. The van der Waals surface area contributed by atoms with E-state index in [1.165, 1.54) is 10.8 Å². The summed E-state index contributed by atoms with van der Waals surface area (Å²) in [5.41, 5.74) is 1.45. The molecule has 0 N–H and O–H groups in total. The van der Waals surface area contributed by atoms with Gasteiger partial charge in [-0.15, -0.1) is 0 Å². The summed E-state index contributed by atoms with van der Waals surface area (Å²) in [6.45, 7) is 4.64. The smallest absolute Gasteiger partial charge is 0.356 e. The first-order chi connectivity index (χ1) is 12.2. The molecule has 0 bridgehead atoms. The number of nitrogens with zero attached hydrogens (tertiary/aromatic N) is 1. The molecule has 25 heavy (non-hydrogen) atoms. The van der Waals surface area contributed by atoms with E-state index >= 15 is 0 Å². The normalized spacial score (nSPS) is 17.8. The second-order valence-corrected chi connectivity index (χ2v) is 6.05. The summed E-state index contributed by atoms with van der Waals surface area (Å²) in [5, 5.41) is 6.27. The van der Waals surface area contributed by atoms with E-state index in [0.717, 1.165) is 12.0 Å². The lowest BCUT2D eigenvalue weighted by molar-refractivity contribution is -0.135. The Morgan fingerprint density at radius 2 is 2.04 bits per heavy atom. The van der Waals surface area contributed by atoms with Crippen LogP contribution in [0.3, 0.4) is 0 Å². The van der Waals surface area contributed by atoms with Crippen molar-refractivity contribution in [1.82, 2.24) is 0 Å². The molecule has 0 aromatic heterocycles. The number of hydrogen-bond donors (Lipinski definition) is 0. The predicted octanol–water partition coefficient (Wildman–Crippen LogP) is 3.84. The third kappa shape index (κ3) is 4.17. The van der Waals surface area contributed by atoms with E-state index in [2.05, 4.69) is 35.5 Å². The maximum atomic E-state index is 11.7. The second-order valence-electron chi connectivity index (χ2n) is 6.05. The summed E-state index contributed by atoms with van der Waals surface area (Å²) in [7, 11) is 0. The molecule has 1 heterocycles. The Morgan fingerprint density at radius 3 is 2.80 bits per heavy atom. The first-order valence-corrected chi connectivity index (χ1v) is 8.70. The van der Waals surface area contributed by atoms with Gasteiger partial charge in [0, 0.05) is 6.42 Å². The third-order valence-corrected chi connectivity index (χ3v) is 4.30. The molecule has 0 saturated carbocycles. The largest absolute Gasteiger partial charge is 0.461 e. The molecule has 0 saturated heterocycles. The monoisotopic (exact) mass is 341 g/mol. The molecule has 3 rings (SSSR count).